The molecule has 0 bridgehead atoms. The number of nitrogens with zero attached hydrogens (tertiary/aromatic N) is 1. The van der Waals surface area contributed by atoms with Crippen molar-refractivity contribution in [2.24, 2.45) is 0 Å². The fraction of sp³-hybridized carbons (Fsp3) is 0.375. The molecule has 1 N–H and O–H groups in total. The second-order valence-electron chi connectivity index (χ2n) is 2.48. The first-order valence-corrected chi connectivity index (χ1v) is 3.24. The van der Waals surface area contributed by atoms with E-state index in [4.69, 9.17) is 5.11 Å². The van der Waals surface area contributed by atoms with Crippen LogP contribution in [0, 0.1) is 20.8 Å². The van der Waals surface area contributed by atoms with Crippen LogP contribution in [0.1, 0.15) is 16.8 Å². The molecule has 0 radical (unpaired) electrons. The number of aryl methyl sites for hydroxylation is 1. The molecule has 1 heterocycles. The molecule has 10 heavy (non-hydrogen) atoms. The van der Waals surface area contributed by atoms with Crippen molar-refractivity contribution in [3.05, 3.63) is 23.0 Å². The van der Waals surface area contributed by atoms with Gasteiger partial charge in [-0.3, -0.25) is 4.98 Å². The molecule has 0 aliphatic carbocycles. The molecule has 0 saturated carbocycles. The summed E-state index contributed by atoms with van der Waals surface area (Å²) < 4.78 is 0. The Hall–Kier alpha value is -1.05. The van der Waals surface area contributed by atoms with E-state index in [0.717, 1.165) is 16.8 Å². The van der Waals surface area contributed by atoms with Crippen LogP contribution in [0.25, 0.3) is 0 Å². The maximum Gasteiger partial charge on any atom is 0.137 e. The number of pyridine rings is 1. The van der Waals surface area contributed by atoms with Gasteiger partial charge < -0.3 is 5.11 Å². The van der Waals surface area contributed by atoms with Gasteiger partial charge in [0.1, 0.15) is 5.75 Å². The van der Waals surface area contributed by atoms with Crippen molar-refractivity contribution < 1.29 is 5.11 Å². The highest BCUT2D eigenvalue weighted by atomic mass is 16.3. The van der Waals surface area contributed by atoms with E-state index in [9.17, 15) is 0 Å². The van der Waals surface area contributed by atoms with Crippen LogP contribution in [0.3, 0.4) is 0 Å². The topological polar surface area (TPSA) is 33.1 Å². The smallest absolute Gasteiger partial charge is 0.137 e. The molecule has 1 rings (SSSR count). The summed E-state index contributed by atoms with van der Waals surface area (Å²) in [4.78, 5) is 3.99. The lowest BCUT2D eigenvalue weighted by Gasteiger charge is -2.03. The predicted molar refractivity (Wildman–Crippen MR) is 40.1 cm³/mol. The zero-order valence-electron chi connectivity index (χ0n) is 6.47. The zero-order chi connectivity index (χ0) is 7.72. The Morgan fingerprint density at radius 3 is 2.30 bits per heavy atom. The van der Waals surface area contributed by atoms with Crippen molar-refractivity contribution >= 4 is 0 Å². The lowest BCUT2D eigenvalue weighted by Crippen LogP contribution is -1.89. The molecule has 0 atom stereocenters. The number of hydrogen-bond donors (Lipinski definition) is 1. The average Bonchev–Trinajstić information content (AvgIpc) is 1.93. The van der Waals surface area contributed by atoms with Crippen LogP contribution in [-0.2, 0) is 0 Å². The van der Waals surface area contributed by atoms with E-state index in [1.54, 1.807) is 0 Å². The minimum Gasteiger partial charge on any atom is -0.506 e. The van der Waals surface area contributed by atoms with Crippen molar-refractivity contribution in [2.75, 3.05) is 0 Å². The molecule has 2 nitrogen and oxygen atoms in total. The Morgan fingerprint density at radius 2 is 1.80 bits per heavy atom. The van der Waals surface area contributed by atoms with Crippen LogP contribution >= 0.6 is 0 Å². The van der Waals surface area contributed by atoms with Crippen LogP contribution in [0.15, 0.2) is 6.20 Å². The highest BCUT2D eigenvalue weighted by Crippen LogP contribution is 2.19. The third-order valence-corrected chi connectivity index (χ3v) is 1.87. The molecular weight excluding hydrogens is 126 g/mol. The lowest BCUT2D eigenvalue weighted by atomic mass is 10.1. The van der Waals surface area contributed by atoms with Crippen LogP contribution < -0.4 is 0 Å². The Balaban J connectivity index is 3.34. The highest BCUT2D eigenvalue weighted by molar-refractivity contribution is 5.37. The van der Waals surface area contributed by atoms with Crippen LogP contribution in [0.5, 0.6) is 5.75 Å². The highest BCUT2D eigenvalue weighted by Gasteiger charge is 2.01. The minimum absolute atomic E-state index is 0.281. The summed E-state index contributed by atoms with van der Waals surface area (Å²) in [5.41, 5.74) is 2.97. The molecule has 1 aromatic rings. The third kappa shape index (κ3) is 0.967. The number of hydrogen-bond acceptors (Lipinski definition) is 2. The number of aromatic hydroxyl groups is 1. The number of rotatable bonds is 0. The van der Waals surface area contributed by atoms with Crippen molar-refractivity contribution in [2.45, 2.75) is 20.8 Å². The van der Waals surface area contributed by atoms with Gasteiger partial charge in [-0.05, 0) is 31.9 Å². The molecule has 2 heteroatoms. The molecule has 0 spiro atoms. The van der Waals surface area contributed by atoms with Gasteiger partial charge in [0.2, 0.25) is 0 Å². The van der Waals surface area contributed by atoms with Gasteiger partial charge in [-0.25, -0.2) is 0 Å². The molecule has 0 saturated heterocycles. The maximum absolute atomic E-state index is 9.16. The minimum atomic E-state index is 0.281. The van der Waals surface area contributed by atoms with E-state index in [1.807, 2.05) is 20.8 Å². The van der Waals surface area contributed by atoms with Gasteiger partial charge in [0.15, 0.2) is 0 Å². The Morgan fingerprint density at radius 1 is 1.20 bits per heavy atom. The number of aromatic nitrogens is 1. The molecule has 0 unspecified atom stereocenters. The largest absolute Gasteiger partial charge is 0.506 e. The van der Waals surface area contributed by atoms with Crippen LogP contribution in [-0.4, -0.2) is 10.1 Å². The lowest BCUT2D eigenvalue weighted by molar-refractivity contribution is 0.467. The first-order chi connectivity index (χ1) is 4.63. The molecule has 0 fully saturated rings. The molecule has 0 aromatic carbocycles. The van der Waals surface area contributed by atoms with Gasteiger partial charge in [-0.15, -0.1) is 0 Å². The van der Waals surface area contributed by atoms with Crippen LogP contribution in [0.4, 0.5) is 0 Å². The second kappa shape index (κ2) is 2.29. The normalized spacial score (nSPS) is 9.90. The molecular formula is C8H11NO. The molecule has 0 aliphatic rings. The Bertz CT molecular complexity index is 229. The van der Waals surface area contributed by atoms with Gasteiger partial charge in [-0.2, -0.15) is 0 Å². The predicted octanol–water partition coefficient (Wildman–Crippen LogP) is 1.71. The monoisotopic (exact) mass is 137 g/mol. The average molecular weight is 137 g/mol. The quantitative estimate of drug-likeness (QED) is 0.590. The van der Waals surface area contributed by atoms with E-state index < -0.39 is 0 Å². The van der Waals surface area contributed by atoms with E-state index >= 15 is 0 Å². The fourth-order valence-corrected chi connectivity index (χ4v) is 0.815. The Kier molecular flexibility index (Phi) is 1.62. The van der Waals surface area contributed by atoms with E-state index in [1.165, 1.54) is 6.20 Å². The molecule has 0 amide bonds. The van der Waals surface area contributed by atoms with Crippen LogP contribution in [0.2, 0.25) is 0 Å². The van der Waals surface area contributed by atoms with Gasteiger partial charge in [-0.1, -0.05) is 0 Å². The maximum atomic E-state index is 9.16. The summed E-state index contributed by atoms with van der Waals surface area (Å²) in [7, 11) is 0. The zero-order valence-corrected chi connectivity index (χ0v) is 6.47. The molecule has 1 aromatic heterocycles. The first kappa shape index (κ1) is 7.06. The van der Waals surface area contributed by atoms with Gasteiger partial charge in [0, 0.05) is 5.69 Å². The third-order valence-electron chi connectivity index (χ3n) is 1.87. The van der Waals surface area contributed by atoms with E-state index in [2.05, 4.69) is 4.98 Å². The van der Waals surface area contributed by atoms with Gasteiger partial charge in [0.25, 0.3) is 0 Å². The van der Waals surface area contributed by atoms with E-state index in [-0.39, 0.29) is 5.75 Å². The van der Waals surface area contributed by atoms with Crippen molar-refractivity contribution in [3.63, 3.8) is 0 Å². The Labute approximate surface area is 60.5 Å². The molecule has 0 aliphatic heterocycles. The van der Waals surface area contributed by atoms with Gasteiger partial charge in [0.05, 0.1) is 6.20 Å². The summed E-state index contributed by atoms with van der Waals surface area (Å²) >= 11 is 0. The fourth-order valence-electron chi connectivity index (χ4n) is 0.815. The summed E-state index contributed by atoms with van der Waals surface area (Å²) in [6.07, 6.45) is 1.48. The van der Waals surface area contributed by atoms with Crippen molar-refractivity contribution in [1.29, 1.82) is 0 Å². The first-order valence-electron chi connectivity index (χ1n) is 3.24. The summed E-state index contributed by atoms with van der Waals surface area (Å²) in [6, 6.07) is 0. The summed E-state index contributed by atoms with van der Waals surface area (Å²) in [5.74, 6) is 0.281. The van der Waals surface area contributed by atoms with Crippen molar-refractivity contribution in [3.8, 4) is 5.75 Å². The SMILES string of the molecule is Cc1ncc(O)c(C)c1C. The van der Waals surface area contributed by atoms with Crippen molar-refractivity contribution in [1.82, 2.24) is 4.98 Å². The summed E-state index contributed by atoms with van der Waals surface area (Å²) in [5, 5.41) is 9.16. The molecule has 54 valence electrons. The summed E-state index contributed by atoms with van der Waals surface area (Å²) in [6.45, 7) is 5.78. The van der Waals surface area contributed by atoms with E-state index in [0.29, 0.717) is 0 Å². The second-order valence-corrected chi connectivity index (χ2v) is 2.48. The van der Waals surface area contributed by atoms with Gasteiger partial charge >= 0.3 is 0 Å². The standard InChI is InChI=1S/C8H11NO/c1-5-6(2)8(10)4-9-7(5)3/h4,10H,1-3H3.